The van der Waals surface area contributed by atoms with E-state index in [9.17, 15) is 5.26 Å². The molecule has 0 heterocycles. The Hall–Kier alpha value is -3.37. The van der Waals surface area contributed by atoms with Gasteiger partial charge in [-0.05, 0) is 34.9 Å². The predicted octanol–water partition coefficient (Wildman–Crippen LogP) is 6.35. The molecular weight excluding hydrogens is 302 g/mol. The van der Waals surface area contributed by atoms with Gasteiger partial charge in [-0.1, -0.05) is 84.4 Å². The lowest BCUT2D eigenvalue weighted by Gasteiger charge is -2.14. The van der Waals surface area contributed by atoms with E-state index in [1.54, 1.807) is 0 Å². The third-order valence-electron chi connectivity index (χ3n) is 4.59. The third-order valence-corrected chi connectivity index (χ3v) is 4.59. The number of nitrogens with zero attached hydrogens (tertiary/aromatic N) is 1. The fourth-order valence-corrected chi connectivity index (χ4v) is 3.33. The van der Waals surface area contributed by atoms with Crippen molar-refractivity contribution in [3.05, 3.63) is 96.1 Å². The van der Waals surface area contributed by atoms with Crippen LogP contribution in [0.1, 0.15) is 11.1 Å². The highest BCUT2D eigenvalue weighted by molar-refractivity contribution is 6.03. The number of benzene rings is 4. The molecule has 0 bridgehead atoms. The summed E-state index contributed by atoms with van der Waals surface area (Å²) in [6.07, 6.45) is 0. The van der Waals surface area contributed by atoms with E-state index >= 15 is 0 Å². The van der Waals surface area contributed by atoms with Crippen molar-refractivity contribution in [2.24, 2.45) is 0 Å². The average Bonchev–Trinajstić information content (AvgIpc) is 2.67. The van der Waals surface area contributed by atoms with Crippen molar-refractivity contribution in [1.82, 2.24) is 0 Å². The van der Waals surface area contributed by atoms with Crippen molar-refractivity contribution in [2.75, 3.05) is 0 Å². The number of hydrogen-bond acceptors (Lipinski definition) is 1. The summed E-state index contributed by atoms with van der Waals surface area (Å²) in [5.41, 5.74) is 6.09. The van der Waals surface area contributed by atoms with E-state index in [0.29, 0.717) is 0 Å². The highest BCUT2D eigenvalue weighted by Crippen LogP contribution is 2.38. The molecule has 0 aliphatic carbocycles. The minimum Gasteiger partial charge on any atom is -0.192 e. The molecule has 0 unspecified atom stereocenters. The van der Waals surface area contributed by atoms with Crippen LogP contribution in [0.15, 0.2) is 84.9 Å². The molecule has 1 nitrogen and oxygen atoms in total. The topological polar surface area (TPSA) is 23.8 Å². The van der Waals surface area contributed by atoms with Crippen molar-refractivity contribution in [3.63, 3.8) is 0 Å². The zero-order chi connectivity index (χ0) is 17.2. The largest absolute Gasteiger partial charge is 0.192 e. The first kappa shape index (κ1) is 15.2. The molecule has 0 spiro atoms. The van der Waals surface area contributed by atoms with Gasteiger partial charge in [-0.3, -0.25) is 0 Å². The number of aryl methyl sites for hydroxylation is 1. The van der Waals surface area contributed by atoms with Crippen molar-refractivity contribution >= 4 is 10.8 Å². The van der Waals surface area contributed by atoms with Crippen LogP contribution < -0.4 is 0 Å². The average molecular weight is 319 g/mol. The second-order valence-corrected chi connectivity index (χ2v) is 6.24. The summed E-state index contributed by atoms with van der Waals surface area (Å²) in [4.78, 5) is 0. The predicted molar refractivity (Wildman–Crippen MR) is 104 cm³/mol. The van der Waals surface area contributed by atoms with Crippen molar-refractivity contribution < 1.29 is 0 Å². The van der Waals surface area contributed by atoms with Crippen LogP contribution >= 0.6 is 0 Å². The smallest absolute Gasteiger partial charge is 0.100 e. The molecule has 25 heavy (non-hydrogen) atoms. The monoisotopic (exact) mass is 319 g/mol. The molecule has 0 atom stereocenters. The molecule has 0 fully saturated rings. The van der Waals surface area contributed by atoms with E-state index in [4.69, 9.17) is 0 Å². The van der Waals surface area contributed by atoms with Crippen LogP contribution in [0.3, 0.4) is 0 Å². The SMILES string of the molecule is Cc1ccc(-c2cc3ccccc3c(-c3ccccc3)c2C#N)cc1. The van der Waals surface area contributed by atoms with Gasteiger partial charge in [0.2, 0.25) is 0 Å². The minimum absolute atomic E-state index is 0.730. The van der Waals surface area contributed by atoms with Gasteiger partial charge in [0.25, 0.3) is 0 Å². The zero-order valence-electron chi connectivity index (χ0n) is 14.0. The second kappa shape index (κ2) is 6.26. The molecule has 1 heteroatoms. The maximum Gasteiger partial charge on any atom is 0.100 e. The number of fused-ring (bicyclic) bond motifs is 1. The van der Waals surface area contributed by atoms with Gasteiger partial charge in [0.1, 0.15) is 6.07 Å². The number of nitriles is 1. The van der Waals surface area contributed by atoms with Crippen LogP contribution in [0.25, 0.3) is 33.0 Å². The summed E-state index contributed by atoms with van der Waals surface area (Å²) >= 11 is 0. The molecule has 0 amide bonds. The van der Waals surface area contributed by atoms with Gasteiger partial charge in [-0.25, -0.2) is 0 Å². The number of hydrogen-bond donors (Lipinski definition) is 0. The van der Waals surface area contributed by atoms with Crippen LogP contribution in [-0.4, -0.2) is 0 Å². The van der Waals surface area contributed by atoms with E-state index in [2.05, 4.69) is 67.6 Å². The van der Waals surface area contributed by atoms with Gasteiger partial charge in [-0.2, -0.15) is 5.26 Å². The third kappa shape index (κ3) is 2.69. The quantitative estimate of drug-likeness (QED) is 0.422. The molecule has 0 aliphatic rings. The highest BCUT2D eigenvalue weighted by atomic mass is 14.3. The maximum atomic E-state index is 9.99. The van der Waals surface area contributed by atoms with Crippen molar-refractivity contribution in [1.29, 1.82) is 5.26 Å². The molecule has 4 aromatic rings. The van der Waals surface area contributed by atoms with E-state index < -0.39 is 0 Å². The first-order valence-electron chi connectivity index (χ1n) is 8.36. The Balaban J connectivity index is 2.12. The van der Waals surface area contributed by atoms with Crippen LogP contribution in [0.4, 0.5) is 0 Å². The summed E-state index contributed by atoms with van der Waals surface area (Å²) in [7, 11) is 0. The molecule has 0 N–H and O–H groups in total. The maximum absolute atomic E-state index is 9.99. The summed E-state index contributed by atoms with van der Waals surface area (Å²) in [6.45, 7) is 2.07. The van der Waals surface area contributed by atoms with E-state index in [-0.39, 0.29) is 0 Å². The van der Waals surface area contributed by atoms with E-state index in [0.717, 1.165) is 38.6 Å². The van der Waals surface area contributed by atoms with E-state index in [1.807, 2.05) is 30.3 Å². The van der Waals surface area contributed by atoms with Crippen LogP contribution in [0.2, 0.25) is 0 Å². The lowest BCUT2D eigenvalue weighted by Crippen LogP contribution is -1.92. The number of rotatable bonds is 2. The zero-order valence-corrected chi connectivity index (χ0v) is 14.0. The van der Waals surface area contributed by atoms with Gasteiger partial charge in [0.15, 0.2) is 0 Å². The highest BCUT2D eigenvalue weighted by Gasteiger charge is 2.15. The summed E-state index contributed by atoms with van der Waals surface area (Å²) in [6, 6.07) is 31.4. The molecular formula is C24H17N. The molecule has 0 radical (unpaired) electrons. The van der Waals surface area contributed by atoms with E-state index in [1.165, 1.54) is 5.56 Å². The van der Waals surface area contributed by atoms with Gasteiger partial charge < -0.3 is 0 Å². The normalized spacial score (nSPS) is 10.6. The Bertz CT molecular complexity index is 1080. The minimum atomic E-state index is 0.730. The van der Waals surface area contributed by atoms with Crippen molar-refractivity contribution in [3.8, 4) is 28.3 Å². The summed E-state index contributed by atoms with van der Waals surface area (Å²) < 4.78 is 0. The fraction of sp³-hybridized carbons (Fsp3) is 0.0417. The Labute approximate surface area is 147 Å². The molecule has 4 aromatic carbocycles. The molecule has 0 saturated carbocycles. The Kier molecular flexibility index (Phi) is 3.80. The fourth-order valence-electron chi connectivity index (χ4n) is 3.33. The van der Waals surface area contributed by atoms with Gasteiger partial charge >= 0.3 is 0 Å². The molecule has 4 rings (SSSR count). The molecule has 0 aliphatic heterocycles. The first-order chi connectivity index (χ1) is 12.3. The summed E-state index contributed by atoms with van der Waals surface area (Å²) in [5.74, 6) is 0. The van der Waals surface area contributed by atoms with Gasteiger partial charge in [-0.15, -0.1) is 0 Å². The lowest BCUT2D eigenvalue weighted by molar-refractivity contribution is 1.45. The Morgan fingerprint density at radius 2 is 1.40 bits per heavy atom. The first-order valence-corrected chi connectivity index (χ1v) is 8.36. The second-order valence-electron chi connectivity index (χ2n) is 6.24. The van der Waals surface area contributed by atoms with Crippen LogP contribution in [-0.2, 0) is 0 Å². The Morgan fingerprint density at radius 1 is 0.720 bits per heavy atom. The molecule has 0 saturated heterocycles. The standard InChI is InChI=1S/C24H17N/c1-17-11-13-18(14-12-17)22-15-20-9-5-6-10-21(20)24(23(22)16-25)19-7-3-2-4-8-19/h2-15H,1H3. The van der Waals surface area contributed by atoms with Crippen LogP contribution in [0.5, 0.6) is 0 Å². The van der Waals surface area contributed by atoms with Gasteiger partial charge in [0.05, 0.1) is 5.56 Å². The Morgan fingerprint density at radius 3 is 2.12 bits per heavy atom. The van der Waals surface area contributed by atoms with Crippen molar-refractivity contribution in [2.45, 2.75) is 6.92 Å². The van der Waals surface area contributed by atoms with Crippen LogP contribution in [0, 0.1) is 18.3 Å². The molecule has 118 valence electrons. The lowest BCUT2D eigenvalue weighted by atomic mass is 9.87. The summed E-state index contributed by atoms with van der Waals surface area (Å²) in [5, 5.41) is 12.2. The molecule has 0 aromatic heterocycles. The van der Waals surface area contributed by atoms with Gasteiger partial charge in [0, 0.05) is 11.1 Å².